The molecule has 1 rings (SSSR count). The van der Waals surface area contributed by atoms with Crippen molar-refractivity contribution in [2.45, 2.75) is 289 Å². The molecule has 1 aliphatic heterocycles. The first-order chi connectivity index (χ1) is 36.6. The first-order valence-electron chi connectivity index (χ1n) is 29.9. The van der Waals surface area contributed by atoms with Gasteiger partial charge in [0.2, 0.25) is 0 Å². The van der Waals surface area contributed by atoms with E-state index in [2.05, 4.69) is 93.7 Å². The fourth-order valence-corrected chi connectivity index (χ4v) is 8.68. The van der Waals surface area contributed by atoms with E-state index in [1.165, 1.54) is 96.3 Å². The third-order valence-corrected chi connectivity index (χ3v) is 13.3. The summed E-state index contributed by atoms with van der Waals surface area (Å²) in [7, 11) is 0. The topological polar surface area (TPSA) is 175 Å². The molecular weight excluding hydrogens is 949 g/mol. The highest BCUT2D eigenvalue weighted by Gasteiger charge is 2.50. The zero-order valence-electron chi connectivity index (χ0n) is 47.3. The van der Waals surface area contributed by atoms with Gasteiger partial charge in [-0.3, -0.25) is 14.4 Å². The monoisotopic (exact) mass is 1050 g/mol. The highest BCUT2D eigenvalue weighted by molar-refractivity contribution is 5.74. The number of unbranched alkanes of at least 4 members (excludes halogenated alkanes) is 24. The highest BCUT2D eigenvalue weighted by atomic mass is 16.7. The molecule has 6 unspecified atom stereocenters. The van der Waals surface area contributed by atoms with Gasteiger partial charge in [-0.2, -0.15) is 0 Å². The van der Waals surface area contributed by atoms with Gasteiger partial charge in [0.15, 0.2) is 24.6 Å². The Morgan fingerprint density at radius 3 is 1.33 bits per heavy atom. The van der Waals surface area contributed by atoms with Crippen LogP contribution in [-0.4, -0.2) is 89.2 Å². The van der Waals surface area contributed by atoms with E-state index < -0.39 is 67.3 Å². The van der Waals surface area contributed by atoms with Crippen LogP contribution >= 0.6 is 0 Å². The maximum atomic E-state index is 13.1. The van der Waals surface area contributed by atoms with Crippen molar-refractivity contribution in [2.24, 2.45) is 0 Å². The van der Waals surface area contributed by atoms with Gasteiger partial charge in [0.1, 0.15) is 18.8 Å². The summed E-state index contributed by atoms with van der Waals surface area (Å²) in [5.41, 5.74) is 0. The molecule has 12 heteroatoms. The fourth-order valence-electron chi connectivity index (χ4n) is 8.68. The molecule has 0 saturated carbocycles. The van der Waals surface area contributed by atoms with Crippen LogP contribution in [0.2, 0.25) is 0 Å². The Morgan fingerprint density at radius 1 is 0.453 bits per heavy atom. The Kier molecular flexibility index (Phi) is 47.0. The van der Waals surface area contributed by atoms with Gasteiger partial charge in [-0.15, -0.1) is 0 Å². The first-order valence-corrected chi connectivity index (χ1v) is 29.9. The van der Waals surface area contributed by atoms with E-state index in [0.717, 1.165) is 96.3 Å². The molecule has 1 fully saturated rings. The van der Waals surface area contributed by atoms with Crippen LogP contribution in [0, 0.1) is 0 Å². The Labute approximate surface area is 455 Å². The zero-order valence-corrected chi connectivity index (χ0v) is 47.3. The van der Waals surface area contributed by atoms with Gasteiger partial charge in [-0.1, -0.05) is 216 Å². The Morgan fingerprint density at radius 2 is 0.840 bits per heavy atom. The van der Waals surface area contributed by atoms with E-state index >= 15 is 0 Å². The second kappa shape index (κ2) is 50.9. The molecule has 0 aromatic carbocycles. The minimum absolute atomic E-state index is 0.0557. The van der Waals surface area contributed by atoms with Crippen molar-refractivity contribution >= 4 is 23.9 Å². The minimum atomic E-state index is -1.91. The van der Waals surface area contributed by atoms with Crippen molar-refractivity contribution in [1.82, 2.24) is 0 Å². The molecule has 0 aromatic rings. The molecule has 0 bridgehead atoms. The number of esters is 3. The summed E-state index contributed by atoms with van der Waals surface area (Å²) in [6, 6.07) is 0. The first kappa shape index (κ1) is 69.2. The second-order valence-corrected chi connectivity index (χ2v) is 20.3. The van der Waals surface area contributed by atoms with Crippen molar-refractivity contribution in [3.8, 4) is 0 Å². The number of hydrogen-bond acceptors (Lipinski definition) is 11. The number of aliphatic hydroxyl groups excluding tert-OH is 2. The Hall–Kier alpha value is -3.84. The highest BCUT2D eigenvalue weighted by Crippen LogP contribution is 2.26. The number of carboxylic acid groups (broad SMARTS) is 1. The van der Waals surface area contributed by atoms with Gasteiger partial charge < -0.3 is 39.0 Å². The molecule has 12 nitrogen and oxygen atoms in total. The Bertz CT molecular complexity index is 1580. The van der Waals surface area contributed by atoms with Crippen LogP contribution < -0.4 is 0 Å². The molecule has 430 valence electrons. The van der Waals surface area contributed by atoms with E-state index in [1.807, 2.05) is 0 Å². The summed E-state index contributed by atoms with van der Waals surface area (Å²) >= 11 is 0. The van der Waals surface area contributed by atoms with Crippen LogP contribution in [0.25, 0.3) is 0 Å². The predicted octanol–water partition coefficient (Wildman–Crippen LogP) is 15.3. The molecule has 1 heterocycles. The van der Waals surface area contributed by atoms with Gasteiger partial charge in [0.25, 0.3) is 0 Å². The molecule has 0 spiro atoms. The number of ether oxygens (including phenoxy) is 5. The summed E-state index contributed by atoms with van der Waals surface area (Å²) < 4.78 is 28.4. The molecule has 1 saturated heterocycles. The van der Waals surface area contributed by atoms with Crippen LogP contribution in [0.5, 0.6) is 0 Å². The lowest BCUT2D eigenvalue weighted by molar-refractivity contribution is -0.301. The number of hydrogen-bond donors (Lipinski definition) is 3. The molecule has 6 atom stereocenters. The maximum Gasteiger partial charge on any atom is 0.335 e. The average molecular weight is 1060 g/mol. The molecule has 0 radical (unpaired) electrons. The summed E-state index contributed by atoms with van der Waals surface area (Å²) in [5.74, 6) is -3.18. The van der Waals surface area contributed by atoms with E-state index in [1.54, 1.807) is 0 Å². The van der Waals surface area contributed by atoms with Gasteiger partial charge in [-0.05, 0) is 89.9 Å². The van der Waals surface area contributed by atoms with Crippen molar-refractivity contribution < 1.29 is 58.2 Å². The fraction of sp³-hybridized carbons (Fsp3) is 0.746. The van der Waals surface area contributed by atoms with Gasteiger partial charge in [0, 0.05) is 19.3 Å². The van der Waals surface area contributed by atoms with Crippen molar-refractivity contribution in [3.05, 3.63) is 72.9 Å². The molecule has 3 N–H and O–H groups in total. The number of carbonyl (C=O) groups excluding carboxylic acids is 3. The summed E-state index contributed by atoms with van der Waals surface area (Å²) in [4.78, 5) is 51.1. The average Bonchev–Trinajstić information content (AvgIpc) is 3.39. The molecule has 0 amide bonds. The van der Waals surface area contributed by atoms with Gasteiger partial charge >= 0.3 is 23.9 Å². The third kappa shape index (κ3) is 41.0. The van der Waals surface area contributed by atoms with Crippen molar-refractivity contribution in [1.29, 1.82) is 0 Å². The minimum Gasteiger partial charge on any atom is -0.479 e. The molecular formula is C63H106O12. The lowest BCUT2D eigenvalue weighted by atomic mass is 9.98. The number of rotatable bonds is 50. The predicted molar refractivity (Wildman–Crippen MR) is 303 cm³/mol. The SMILES string of the molecule is CC/C=C\C/C=C\C/C=C\C/C=C\CCCCC(=O)OC(COC(=O)CCCCCCCCCCC/C=C\C/C=C\CCCCC)COC1OC(C(=O)O)C(O)C(O)C1OC(=O)CCCCCCCCCCCCC. The quantitative estimate of drug-likeness (QED) is 0.0228. The standard InChI is InChI=1S/C63H106O12/c1-4-7-10-13-16-19-22-24-26-27-28-29-31-32-35-37-40-43-46-49-55(64)71-52-54(73-56(65)50-47-44-41-39-36-33-30-25-23-20-17-14-11-8-5-2)53-72-63-61(59(68)58(67)60(75-63)62(69)70)74-57(66)51-48-45-42-38-34-21-18-15-12-9-6-3/h8,11,16-17,19-20,24-26,30,36,39,54,58-61,63,67-68H,4-7,9-10,12-15,18,21-23,27-29,31-35,37-38,40-53H2,1-3H3,(H,69,70)/b11-8-,19-16-,20-17-,26-24-,30-25-,39-36-. The summed E-state index contributed by atoms with van der Waals surface area (Å²) in [5, 5.41) is 31.4. The molecule has 0 aliphatic carbocycles. The second-order valence-electron chi connectivity index (χ2n) is 20.3. The van der Waals surface area contributed by atoms with Crippen LogP contribution in [0.15, 0.2) is 72.9 Å². The molecule has 75 heavy (non-hydrogen) atoms. The zero-order chi connectivity index (χ0) is 54.7. The van der Waals surface area contributed by atoms with Gasteiger partial charge in [-0.25, -0.2) is 4.79 Å². The van der Waals surface area contributed by atoms with Crippen LogP contribution in [0.1, 0.15) is 252 Å². The van der Waals surface area contributed by atoms with E-state index in [4.69, 9.17) is 23.7 Å². The number of carbonyl (C=O) groups is 4. The number of allylic oxidation sites excluding steroid dienone is 12. The number of aliphatic carboxylic acids is 1. The van der Waals surface area contributed by atoms with E-state index in [-0.39, 0.29) is 25.9 Å². The third-order valence-electron chi connectivity index (χ3n) is 13.3. The number of aliphatic hydroxyl groups is 2. The molecule has 0 aromatic heterocycles. The maximum absolute atomic E-state index is 13.1. The lowest BCUT2D eigenvalue weighted by Gasteiger charge is -2.40. The Balaban J connectivity index is 2.69. The summed E-state index contributed by atoms with van der Waals surface area (Å²) in [6.45, 7) is 5.81. The van der Waals surface area contributed by atoms with Crippen molar-refractivity contribution in [2.75, 3.05) is 13.2 Å². The van der Waals surface area contributed by atoms with E-state index in [0.29, 0.717) is 19.3 Å². The van der Waals surface area contributed by atoms with Crippen LogP contribution in [0.4, 0.5) is 0 Å². The van der Waals surface area contributed by atoms with Crippen LogP contribution in [0.3, 0.4) is 0 Å². The molecule has 1 aliphatic rings. The van der Waals surface area contributed by atoms with E-state index in [9.17, 15) is 34.5 Å². The smallest absolute Gasteiger partial charge is 0.335 e. The number of carboxylic acids is 1. The van der Waals surface area contributed by atoms with Crippen LogP contribution in [-0.2, 0) is 42.9 Å². The lowest BCUT2D eigenvalue weighted by Crippen LogP contribution is -2.61. The normalized spacial score (nSPS) is 18.7. The van der Waals surface area contributed by atoms with Crippen molar-refractivity contribution in [3.63, 3.8) is 0 Å². The summed E-state index contributed by atoms with van der Waals surface area (Å²) in [6.07, 6.45) is 51.7. The van der Waals surface area contributed by atoms with Gasteiger partial charge in [0.05, 0.1) is 6.61 Å². The largest absolute Gasteiger partial charge is 0.479 e.